The molecule has 0 heterocycles. The third kappa shape index (κ3) is 4.19. The molecule has 1 aliphatic carbocycles. The van der Waals surface area contributed by atoms with Gasteiger partial charge in [0.1, 0.15) is 11.6 Å². The van der Waals surface area contributed by atoms with Crippen molar-refractivity contribution in [2.75, 3.05) is 0 Å². The molecule has 1 aromatic rings. The molecule has 1 aliphatic rings. The van der Waals surface area contributed by atoms with Crippen LogP contribution in [0, 0.1) is 11.6 Å². The fourth-order valence-electron chi connectivity index (χ4n) is 2.64. The molecular weight excluding hydrogens is 276 g/mol. The predicted octanol–water partition coefficient (Wildman–Crippen LogP) is 4.67. The van der Waals surface area contributed by atoms with E-state index in [-0.39, 0.29) is 10.9 Å². The highest BCUT2D eigenvalue weighted by molar-refractivity contribution is 8.00. The number of hydrogen-bond donors (Lipinski definition) is 1. The molecule has 0 bridgehead atoms. The zero-order chi connectivity index (χ0) is 14.5. The molecule has 1 nitrogen and oxygen atoms in total. The van der Waals surface area contributed by atoms with Crippen LogP contribution >= 0.6 is 11.8 Å². The molecular formula is C16H23F2NS. The van der Waals surface area contributed by atoms with Crippen LogP contribution in [0.25, 0.3) is 0 Å². The topological polar surface area (TPSA) is 26.0 Å². The van der Waals surface area contributed by atoms with E-state index in [1.54, 1.807) is 0 Å². The number of nitrogens with two attached hydrogens (primary N) is 1. The van der Waals surface area contributed by atoms with E-state index in [1.165, 1.54) is 43.2 Å². The fourth-order valence-corrected chi connectivity index (χ4v) is 3.88. The minimum absolute atomic E-state index is 0.0364. The van der Waals surface area contributed by atoms with Crippen molar-refractivity contribution < 1.29 is 8.78 Å². The molecule has 2 N–H and O–H groups in total. The van der Waals surface area contributed by atoms with E-state index in [2.05, 4.69) is 0 Å². The van der Waals surface area contributed by atoms with Crippen LogP contribution in [0.3, 0.4) is 0 Å². The van der Waals surface area contributed by atoms with E-state index in [0.717, 1.165) is 19.3 Å². The number of rotatable bonds is 5. The van der Waals surface area contributed by atoms with Gasteiger partial charge in [-0.15, -0.1) is 11.8 Å². The number of halogens is 2. The summed E-state index contributed by atoms with van der Waals surface area (Å²) in [5, 5.41) is 0.358. The maximum Gasteiger partial charge on any atom is 0.140 e. The first-order chi connectivity index (χ1) is 9.60. The smallest absolute Gasteiger partial charge is 0.140 e. The SMILES string of the molecule is CCC(N)Cc1cc(F)c(SC2CCCCC2)c(F)c1. The summed E-state index contributed by atoms with van der Waals surface area (Å²) in [6.07, 6.45) is 7.04. The maximum atomic E-state index is 14.1. The summed E-state index contributed by atoms with van der Waals surface area (Å²) in [6.45, 7) is 1.98. The van der Waals surface area contributed by atoms with Crippen molar-refractivity contribution in [1.29, 1.82) is 0 Å². The Morgan fingerprint density at radius 2 is 1.80 bits per heavy atom. The van der Waals surface area contributed by atoms with Gasteiger partial charge >= 0.3 is 0 Å². The van der Waals surface area contributed by atoms with Gasteiger partial charge in [0.15, 0.2) is 0 Å². The molecule has 1 aromatic carbocycles. The molecule has 0 aliphatic heterocycles. The van der Waals surface area contributed by atoms with Crippen molar-refractivity contribution in [1.82, 2.24) is 0 Å². The Morgan fingerprint density at radius 1 is 1.20 bits per heavy atom. The third-order valence-corrected chi connectivity index (χ3v) is 5.35. The van der Waals surface area contributed by atoms with E-state index in [4.69, 9.17) is 5.73 Å². The van der Waals surface area contributed by atoms with Gasteiger partial charge in [0, 0.05) is 11.3 Å². The second-order valence-corrected chi connectivity index (χ2v) is 6.95. The molecule has 112 valence electrons. The van der Waals surface area contributed by atoms with Crippen LogP contribution in [0.4, 0.5) is 8.78 Å². The summed E-state index contributed by atoms with van der Waals surface area (Å²) >= 11 is 1.37. The molecule has 4 heteroatoms. The minimum Gasteiger partial charge on any atom is -0.327 e. The zero-order valence-corrected chi connectivity index (χ0v) is 12.8. The monoisotopic (exact) mass is 299 g/mol. The van der Waals surface area contributed by atoms with Gasteiger partial charge in [-0.2, -0.15) is 0 Å². The molecule has 1 unspecified atom stereocenters. The Kier molecular flexibility index (Phi) is 5.85. The average Bonchev–Trinajstić information content (AvgIpc) is 2.44. The highest BCUT2D eigenvalue weighted by Gasteiger charge is 2.20. The first kappa shape index (κ1) is 15.8. The molecule has 1 fully saturated rings. The normalized spacial score (nSPS) is 18.2. The second kappa shape index (κ2) is 7.41. The van der Waals surface area contributed by atoms with Crippen LogP contribution in [0.15, 0.2) is 17.0 Å². The fraction of sp³-hybridized carbons (Fsp3) is 0.625. The van der Waals surface area contributed by atoms with Gasteiger partial charge in [-0.05, 0) is 43.4 Å². The number of thioether (sulfide) groups is 1. The van der Waals surface area contributed by atoms with Gasteiger partial charge in [-0.1, -0.05) is 26.2 Å². The molecule has 0 spiro atoms. The molecule has 0 radical (unpaired) electrons. The van der Waals surface area contributed by atoms with Crippen LogP contribution in [0.5, 0.6) is 0 Å². The van der Waals surface area contributed by atoms with Gasteiger partial charge in [0.25, 0.3) is 0 Å². The zero-order valence-electron chi connectivity index (χ0n) is 12.0. The molecule has 1 saturated carbocycles. The third-order valence-electron chi connectivity index (χ3n) is 3.92. The standard InChI is InChI=1S/C16H23F2NS/c1-2-12(19)8-11-9-14(17)16(15(18)10-11)20-13-6-4-3-5-7-13/h9-10,12-13H,2-8,19H2,1H3. The largest absolute Gasteiger partial charge is 0.327 e. The lowest BCUT2D eigenvalue weighted by molar-refractivity contribution is 0.508. The Balaban J connectivity index is 2.09. The van der Waals surface area contributed by atoms with Crippen LogP contribution < -0.4 is 5.73 Å². The molecule has 0 saturated heterocycles. The van der Waals surface area contributed by atoms with Gasteiger partial charge in [-0.25, -0.2) is 8.78 Å². The quantitative estimate of drug-likeness (QED) is 0.855. The van der Waals surface area contributed by atoms with E-state index in [0.29, 0.717) is 17.2 Å². The van der Waals surface area contributed by atoms with Crippen LogP contribution in [0.1, 0.15) is 51.0 Å². The summed E-state index contributed by atoms with van der Waals surface area (Å²) in [7, 11) is 0. The van der Waals surface area contributed by atoms with Crippen molar-refractivity contribution >= 4 is 11.8 Å². The highest BCUT2D eigenvalue weighted by Crippen LogP contribution is 2.36. The maximum absolute atomic E-state index is 14.1. The Hall–Kier alpha value is -0.610. The lowest BCUT2D eigenvalue weighted by Crippen LogP contribution is -2.21. The van der Waals surface area contributed by atoms with Crippen molar-refractivity contribution in [3.05, 3.63) is 29.3 Å². The number of hydrogen-bond acceptors (Lipinski definition) is 2. The first-order valence-corrected chi connectivity index (χ1v) is 8.38. The summed E-state index contributed by atoms with van der Waals surface area (Å²) in [5.74, 6) is -0.863. The van der Waals surface area contributed by atoms with E-state index >= 15 is 0 Å². The van der Waals surface area contributed by atoms with Crippen LogP contribution in [0.2, 0.25) is 0 Å². The average molecular weight is 299 g/mol. The molecule has 2 rings (SSSR count). The Morgan fingerprint density at radius 3 is 2.35 bits per heavy atom. The van der Waals surface area contributed by atoms with Crippen molar-refractivity contribution in [2.24, 2.45) is 5.73 Å². The Bertz CT molecular complexity index is 421. The van der Waals surface area contributed by atoms with Crippen molar-refractivity contribution in [3.8, 4) is 0 Å². The van der Waals surface area contributed by atoms with Crippen molar-refractivity contribution in [2.45, 2.75) is 68.1 Å². The van der Waals surface area contributed by atoms with Gasteiger partial charge in [0.05, 0.1) is 4.90 Å². The number of benzene rings is 1. The highest BCUT2D eigenvalue weighted by atomic mass is 32.2. The molecule has 0 amide bonds. The van der Waals surface area contributed by atoms with Gasteiger partial charge in [-0.3, -0.25) is 0 Å². The second-order valence-electron chi connectivity index (χ2n) is 5.64. The van der Waals surface area contributed by atoms with E-state index in [9.17, 15) is 8.78 Å². The summed E-state index contributed by atoms with van der Waals surface area (Å²) < 4.78 is 28.2. The van der Waals surface area contributed by atoms with Crippen LogP contribution in [-0.2, 0) is 6.42 Å². The first-order valence-electron chi connectivity index (χ1n) is 7.50. The summed E-state index contributed by atoms with van der Waals surface area (Å²) in [4.78, 5) is 0.186. The molecule has 20 heavy (non-hydrogen) atoms. The van der Waals surface area contributed by atoms with Gasteiger partial charge < -0.3 is 5.73 Å². The van der Waals surface area contributed by atoms with E-state index in [1.807, 2.05) is 6.92 Å². The predicted molar refractivity (Wildman–Crippen MR) is 81.1 cm³/mol. The van der Waals surface area contributed by atoms with Crippen molar-refractivity contribution in [3.63, 3.8) is 0 Å². The van der Waals surface area contributed by atoms with Crippen LogP contribution in [-0.4, -0.2) is 11.3 Å². The molecule has 0 aromatic heterocycles. The lowest BCUT2D eigenvalue weighted by atomic mass is 10.0. The minimum atomic E-state index is -0.432. The lowest BCUT2D eigenvalue weighted by Gasteiger charge is -2.21. The Labute approximate surface area is 124 Å². The summed E-state index contributed by atoms with van der Waals surface area (Å²) in [6, 6.07) is 2.86. The summed E-state index contributed by atoms with van der Waals surface area (Å²) in [5.41, 5.74) is 6.50. The van der Waals surface area contributed by atoms with Gasteiger partial charge in [0.2, 0.25) is 0 Å². The molecule has 1 atom stereocenters. The van der Waals surface area contributed by atoms with E-state index < -0.39 is 11.6 Å².